The maximum absolute atomic E-state index is 14.7. The van der Waals surface area contributed by atoms with E-state index in [4.69, 9.17) is 17.2 Å². The normalized spacial score (nSPS) is 16.9. The number of hydrogen-bond donors (Lipinski definition) is 15. The number of carbonyl (C=O) groups excluding carboxylic acids is 8. The third-order valence-electron chi connectivity index (χ3n) is 13.5. The molecule has 3 aromatic rings. The zero-order valence-corrected chi connectivity index (χ0v) is 46.3. The van der Waals surface area contributed by atoms with Crippen LogP contribution < -0.4 is 54.4 Å². The first-order valence-corrected chi connectivity index (χ1v) is 26.8. The number of carboxylic acids is 2. The third kappa shape index (κ3) is 19.9. The predicted molar refractivity (Wildman–Crippen MR) is 296 cm³/mol. The SMILES string of the molecule is CC(C)CC(NC(=O)C(NC(=O)C(CC(=O)O)NC(=O)C1CCCN1C(=O)C(Cc1ccccc1)NC(=O)C(CCCN=C(N)N)NC(=O)C(NC(=O)C(N)C(C)O)C(C)O)C(C)C)C(=O)NC(Cc1c[nH]c2ccccc12)C(=O)O. The Balaban J connectivity index is 1.55. The van der Waals surface area contributed by atoms with Crippen LogP contribution in [0, 0.1) is 11.8 Å². The largest absolute Gasteiger partial charge is 0.481 e. The maximum Gasteiger partial charge on any atom is 0.326 e. The minimum Gasteiger partial charge on any atom is -0.481 e. The zero-order chi connectivity index (χ0) is 60.2. The fraction of sp³-hybridized carbons (Fsp3) is 0.537. The summed E-state index contributed by atoms with van der Waals surface area (Å²) >= 11 is 0. The second kappa shape index (κ2) is 31.0. The van der Waals surface area contributed by atoms with Gasteiger partial charge in [-0.05, 0) is 75.0 Å². The molecule has 18 N–H and O–H groups in total. The van der Waals surface area contributed by atoms with Crippen molar-refractivity contribution in [2.24, 2.45) is 34.0 Å². The highest BCUT2D eigenvalue weighted by Crippen LogP contribution is 2.22. The summed E-state index contributed by atoms with van der Waals surface area (Å²) in [6, 6.07) is 2.52. The van der Waals surface area contributed by atoms with Crippen molar-refractivity contribution in [1.82, 2.24) is 47.1 Å². The molecule has 4 rings (SSSR count). The summed E-state index contributed by atoms with van der Waals surface area (Å²) in [5.41, 5.74) is 18.7. The lowest BCUT2D eigenvalue weighted by Gasteiger charge is -2.31. The van der Waals surface area contributed by atoms with E-state index in [0.29, 0.717) is 11.1 Å². The van der Waals surface area contributed by atoms with Gasteiger partial charge in [0.05, 0.1) is 18.6 Å². The number of guanidine groups is 1. The first-order chi connectivity index (χ1) is 38.2. The van der Waals surface area contributed by atoms with E-state index in [-0.39, 0.29) is 69.9 Å². The van der Waals surface area contributed by atoms with Gasteiger partial charge in [-0.1, -0.05) is 76.2 Å². The van der Waals surface area contributed by atoms with Gasteiger partial charge in [-0.3, -0.25) is 48.1 Å². The van der Waals surface area contributed by atoms with Crippen molar-refractivity contribution in [3.8, 4) is 0 Å². The summed E-state index contributed by atoms with van der Waals surface area (Å²) in [5, 5.41) is 58.8. The number of benzene rings is 2. The number of nitrogens with zero attached hydrogens (tertiary/aromatic N) is 2. The van der Waals surface area contributed by atoms with E-state index in [1.54, 1.807) is 70.3 Å². The third-order valence-corrected chi connectivity index (χ3v) is 13.5. The van der Waals surface area contributed by atoms with Crippen LogP contribution in [0.4, 0.5) is 0 Å². The Morgan fingerprint density at radius 3 is 1.85 bits per heavy atom. The van der Waals surface area contributed by atoms with Crippen LogP contribution in [0.15, 0.2) is 65.8 Å². The van der Waals surface area contributed by atoms with Crippen LogP contribution in [0.5, 0.6) is 0 Å². The number of hydrogen-bond acceptors (Lipinski definition) is 14. The topological polar surface area (TPSA) is 445 Å². The molecule has 11 atom stereocenters. The van der Waals surface area contributed by atoms with Crippen LogP contribution in [0.1, 0.15) is 91.2 Å². The number of nitrogens with two attached hydrogens (primary N) is 3. The molecule has 81 heavy (non-hydrogen) atoms. The Morgan fingerprint density at radius 2 is 1.25 bits per heavy atom. The van der Waals surface area contributed by atoms with Gasteiger partial charge in [-0.15, -0.1) is 0 Å². The molecule has 0 bridgehead atoms. The smallest absolute Gasteiger partial charge is 0.326 e. The van der Waals surface area contributed by atoms with Gasteiger partial charge in [0.15, 0.2) is 5.96 Å². The molecular formula is C54H79N13O14. The number of aromatic amines is 1. The Kier molecular flexibility index (Phi) is 25.0. The lowest BCUT2D eigenvalue weighted by Crippen LogP contribution is -2.62. The minimum atomic E-state index is -1.81. The summed E-state index contributed by atoms with van der Waals surface area (Å²) in [6.07, 6.45) is -2.06. The first kappa shape index (κ1) is 65.3. The number of aliphatic hydroxyl groups is 2. The van der Waals surface area contributed by atoms with Crippen molar-refractivity contribution in [2.45, 2.75) is 159 Å². The molecule has 27 nitrogen and oxygen atoms in total. The molecule has 1 aromatic heterocycles. The second-order valence-corrected chi connectivity index (χ2v) is 21.0. The van der Waals surface area contributed by atoms with E-state index in [2.05, 4.69) is 47.2 Å². The van der Waals surface area contributed by atoms with Crippen LogP contribution in [0.3, 0.4) is 0 Å². The number of aliphatic imine (C=N–C) groups is 1. The number of amides is 8. The molecule has 27 heteroatoms. The van der Waals surface area contributed by atoms with E-state index < -0.39 is 138 Å². The molecule has 1 fully saturated rings. The number of carbonyl (C=O) groups is 10. The number of aliphatic hydroxyl groups excluding tert-OH is 2. The number of para-hydroxylation sites is 1. The number of likely N-dealkylation sites (tertiary alicyclic amines) is 1. The number of fused-ring (bicyclic) bond motifs is 1. The highest BCUT2D eigenvalue weighted by molar-refractivity contribution is 5.99. The standard InChI is InChI=1S/C54H79N13O14/c1-27(2)22-36(46(73)64-39(53(80)81)24-32-26-59-34-17-11-10-16-33(32)34)62-50(77)43(28(3)4)65-47(74)37(25-41(70)71)61-48(75)40-19-13-21-67(40)52(79)38(23-31-14-8-7-9-15-31)63-45(72)35(18-12-20-58-54(56)57)60-51(78)44(30(6)69)66-49(76)42(55)29(5)68/h7-11,14-17,26-30,35-40,42-44,59,68-69H,12-13,18-25,55H2,1-6H3,(H,60,78)(H,61,75)(H,62,77)(H,63,72)(H,64,73)(H,65,74)(H,66,76)(H,70,71)(H,80,81)(H4,56,57,58). The van der Waals surface area contributed by atoms with E-state index in [1.165, 1.54) is 18.7 Å². The molecule has 0 saturated carbocycles. The summed E-state index contributed by atoms with van der Waals surface area (Å²) in [7, 11) is 0. The van der Waals surface area contributed by atoms with E-state index in [0.717, 1.165) is 10.9 Å². The zero-order valence-electron chi connectivity index (χ0n) is 46.3. The average molecular weight is 1130 g/mol. The molecule has 1 aliphatic heterocycles. The molecule has 0 radical (unpaired) electrons. The molecule has 1 aliphatic rings. The Hall–Kier alpha value is -8.17. The van der Waals surface area contributed by atoms with Gasteiger partial charge in [-0.2, -0.15) is 0 Å². The minimum absolute atomic E-state index is 0.00704. The van der Waals surface area contributed by atoms with Gasteiger partial charge >= 0.3 is 11.9 Å². The lowest BCUT2D eigenvalue weighted by atomic mass is 9.98. The molecule has 8 amide bonds. The highest BCUT2D eigenvalue weighted by atomic mass is 16.4. The van der Waals surface area contributed by atoms with Crippen LogP contribution >= 0.6 is 0 Å². The van der Waals surface area contributed by atoms with Crippen molar-refractivity contribution in [1.29, 1.82) is 0 Å². The van der Waals surface area contributed by atoms with Gasteiger partial charge in [0.2, 0.25) is 47.3 Å². The van der Waals surface area contributed by atoms with Gasteiger partial charge in [0, 0.05) is 43.0 Å². The Bertz CT molecular complexity index is 2710. The van der Waals surface area contributed by atoms with Crippen LogP contribution in [-0.2, 0) is 60.8 Å². The number of aliphatic carboxylic acids is 2. The maximum atomic E-state index is 14.7. The number of rotatable bonds is 31. The molecule has 2 aromatic carbocycles. The lowest BCUT2D eigenvalue weighted by molar-refractivity contribution is -0.144. The van der Waals surface area contributed by atoms with Crippen LogP contribution in [-0.4, -0.2) is 175 Å². The fourth-order valence-electron chi connectivity index (χ4n) is 9.13. The number of carboxylic acid groups (broad SMARTS) is 2. The fourth-order valence-corrected chi connectivity index (χ4v) is 9.13. The summed E-state index contributed by atoms with van der Waals surface area (Å²) < 4.78 is 0. The van der Waals surface area contributed by atoms with Gasteiger partial charge in [0.1, 0.15) is 54.4 Å². The predicted octanol–water partition coefficient (Wildman–Crippen LogP) is -2.26. The van der Waals surface area contributed by atoms with E-state index >= 15 is 0 Å². The Labute approximate surface area is 468 Å². The number of nitrogens with one attached hydrogen (secondary N) is 8. The second-order valence-electron chi connectivity index (χ2n) is 21.0. The van der Waals surface area contributed by atoms with Gasteiger partial charge < -0.3 is 84.7 Å². The number of H-pyrrole nitrogens is 1. The first-order valence-electron chi connectivity index (χ1n) is 26.8. The molecule has 11 unspecified atom stereocenters. The average Bonchev–Trinajstić information content (AvgIpc) is 4.10. The van der Waals surface area contributed by atoms with Gasteiger partial charge in [0.25, 0.3) is 0 Å². The van der Waals surface area contributed by atoms with Crippen molar-refractivity contribution < 1.29 is 68.4 Å². The van der Waals surface area contributed by atoms with Gasteiger partial charge in [-0.25, -0.2) is 4.79 Å². The Morgan fingerprint density at radius 1 is 0.667 bits per heavy atom. The summed E-state index contributed by atoms with van der Waals surface area (Å²) in [5.74, 6) is -11.3. The summed E-state index contributed by atoms with van der Waals surface area (Å²) in [6.45, 7) is 9.15. The molecule has 2 heterocycles. The quantitative estimate of drug-likeness (QED) is 0.0184. The highest BCUT2D eigenvalue weighted by Gasteiger charge is 2.41. The summed E-state index contributed by atoms with van der Waals surface area (Å²) in [4.78, 5) is 145. The van der Waals surface area contributed by atoms with Crippen LogP contribution in [0.25, 0.3) is 10.9 Å². The molecule has 0 aliphatic carbocycles. The van der Waals surface area contributed by atoms with E-state index in [9.17, 15) is 68.4 Å². The number of aromatic nitrogens is 1. The molecule has 0 spiro atoms. The van der Waals surface area contributed by atoms with Crippen molar-refractivity contribution in [3.05, 3.63) is 71.9 Å². The monoisotopic (exact) mass is 1130 g/mol. The van der Waals surface area contributed by atoms with E-state index in [1.807, 2.05) is 18.2 Å². The van der Waals surface area contributed by atoms with Crippen molar-refractivity contribution in [2.75, 3.05) is 13.1 Å². The van der Waals surface area contributed by atoms with Crippen LogP contribution in [0.2, 0.25) is 0 Å². The van der Waals surface area contributed by atoms with Crippen molar-refractivity contribution in [3.63, 3.8) is 0 Å². The molecule has 444 valence electrons. The van der Waals surface area contributed by atoms with Crippen molar-refractivity contribution >= 4 is 76.1 Å². The molecular weight excluding hydrogens is 1050 g/mol. The molecule has 1 saturated heterocycles.